The van der Waals surface area contributed by atoms with Crippen molar-refractivity contribution < 1.29 is 22.1 Å². The summed E-state index contributed by atoms with van der Waals surface area (Å²) in [6, 6.07) is 15.5. The predicted molar refractivity (Wildman–Crippen MR) is 90.9 cm³/mol. The van der Waals surface area contributed by atoms with Crippen LogP contribution in [0.4, 0.5) is 0 Å². The first-order valence-electron chi connectivity index (χ1n) is 7.35. The maximum atomic E-state index is 12.2. The molecule has 128 valence electrons. The van der Waals surface area contributed by atoms with Gasteiger partial charge in [-0.15, -0.1) is 0 Å². The van der Waals surface area contributed by atoms with E-state index in [-0.39, 0.29) is 22.8 Å². The molecule has 7 heteroatoms. The summed E-state index contributed by atoms with van der Waals surface area (Å²) in [5, 5.41) is 9.04. The fraction of sp³-hybridized carbons (Fsp3) is 0.111. The summed E-state index contributed by atoms with van der Waals surface area (Å²) in [7, 11) is -3.97. The highest BCUT2D eigenvalue weighted by Gasteiger charge is 2.16. The highest BCUT2D eigenvalue weighted by molar-refractivity contribution is 7.87. The molecule has 25 heavy (non-hydrogen) atoms. The van der Waals surface area contributed by atoms with E-state index in [0.717, 1.165) is 0 Å². The van der Waals surface area contributed by atoms with Crippen molar-refractivity contribution in [3.8, 4) is 11.8 Å². The van der Waals surface area contributed by atoms with Crippen LogP contribution in [0.2, 0.25) is 0 Å². The van der Waals surface area contributed by atoms with Crippen molar-refractivity contribution in [2.75, 3.05) is 6.61 Å². The third-order valence-electron chi connectivity index (χ3n) is 3.02. The minimum absolute atomic E-state index is 0.0279. The number of rotatable bonds is 6. The molecule has 0 fully saturated rings. The van der Waals surface area contributed by atoms with Crippen LogP contribution in [0.5, 0.6) is 5.75 Å². The zero-order valence-electron chi connectivity index (χ0n) is 13.4. The van der Waals surface area contributed by atoms with E-state index in [0.29, 0.717) is 5.56 Å². The maximum Gasteiger partial charge on any atom is 0.348 e. The van der Waals surface area contributed by atoms with Gasteiger partial charge >= 0.3 is 16.1 Å². The van der Waals surface area contributed by atoms with Crippen LogP contribution in [0.25, 0.3) is 6.08 Å². The van der Waals surface area contributed by atoms with Gasteiger partial charge in [0.2, 0.25) is 0 Å². The maximum absolute atomic E-state index is 12.2. The largest absolute Gasteiger partial charge is 0.462 e. The number of nitriles is 1. The van der Waals surface area contributed by atoms with Crippen LogP contribution in [-0.2, 0) is 19.6 Å². The second-order valence-electron chi connectivity index (χ2n) is 4.81. The van der Waals surface area contributed by atoms with E-state index in [4.69, 9.17) is 14.2 Å². The molecule has 0 N–H and O–H groups in total. The lowest BCUT2D eigenvalue weighted by Gasteiger charge is -2.07. The molecule has 2 rings (SSSR count). The van der Waals surface area contributed by atoms with Crippen molar-refractivity contribution in [2.45, 2.75) is 11.8 Å². The molecule has 0 aliphatic rings. The van der Waals surface area contributed by atoms with E-state index in [1.165, 1.54) is 30.3 Å². The van der Waals surface area contributed by atoms with Gasteiger partial charge in [-0.3, -0.25) is 0 Å². The molecular weight excluding hydrogens is 342 g/mol. The summed E-state index contributed by atoms with van der Waals surface area (Å²) in [4.78, 5) is 11.7. The Morgan fingerprint density at radius 3 is 2.52 bits per heavy atom. The Morgan fingerprint density at radius 1 is 1.16 bits per heavy atom. The molecule has 0 aromatic heterocycles. The van der Waals surface area contributed by atoms with Gasteiger partial charge in [0.1, 0.15) is 22.3 Å². The van der Waals surface area contributed by atoms with Gasteiger partial charge in [0.25, 0.3) is 0 Å². The van der Waals surface area contributed by atoms with E-state index in [9.17, 15) is 13.2 Å². The number of esters is 1. The average molecular weight is 357 g/mol. The summed E-state index contributed by atoms with van der Waals surface area (Å²) in [5.74, 6) is -0.674. The van der Waals surface area contributed by atoms with Crippen LogP contribution < -0.4 is 4.18 Å². The van der Waals surface area contributed by atoms with Gasteiger partial charge in [-0.1, -0.05) is 30.3 Å². The molecule has 0 amide bonds. The summed E-state index contributed by atoms with van der Waals surface area (Å²) in [6.07, 6.45) is 1.31. The number of hydrogen-bond acceptors (Lipinski definition) is 6. The molecule has 0 saturated carbocycles. The van der Waals surface area contributed by atoms with Crippen LogP contribution in [0.1, 0.15) is 12.5 Å². The molecule has 0 aliphatic carbocycles. The van der Waals surface area contributed by atoms with Gasteiger partial charge in [0, 0.05) is 0 Å². The van der Waals surface area contributed by atoms with Gasteiger partial charge in [-0.2, -0.15) is 13.7 Å². The zero-order valence-corrected chi connectivity index (χ0v) is 14.2. The minimum Gasteiger partial charge on any atom is -0.462 e. The third kappa shape index (κ3) is 4.93. The molecule has 0 radical (unpaired) electrons. The molecular formula is C18H15NO5S. The fourth-order valence-electron chi connectivity index (χ4n) is 1.93. The van der Waals surface area contributed by atoms with Gasteiger partial charge in [0.15, 0.2) is 0 Å². The van der Waals surface area contributed by atoms with E-state index in [1.807, 2.05) is 0 Å². The van der Waals surface area contributed by atoms with Crippen molar-refractivity contribution in [2.24, 2.45) is 0 Å². The Balaban J connectivity index is 2.28. The number of carbonyl (C=O) groups excluding carboxylic acids is 1. The SMILES string of the molecule is CCOC(=O)C(C#N)=Cc1cccc(OS(=O)(=O)c2ccccc2)c1. The molecule has 0 spiro atoms. The van der Waals surface area contributed by atoms with Gasteiger partial charge in [-0.25, -0.2) is 4.79 Å². The normalized spacial score (nSPS) is 11.4. The molecule has 0 unspecified atom stereocenters. The summed E-state index contributed by atoms with van der Waals surface area (Å²) < 4.78 is 34.3. The Morgan fingerprint density at radius 2 is 1.88 bits per heavy atom. The van der Waals surface area contributed by atoms with Crippen LogP contribution in [0.15, 0.2) is 65.1 Å². The van der Waals surface area contributed by atoms with Crippen LogP contribution >= 0.6 is 0 Å². The van der Waals surface area contributed by atoms with Crippen molar-refractivity contribution in [3.63, 3.8) is 0 Å². The van der Waals surface area contributed by atoms with Crippen molar-refractivity contribution >= 4 is 22.2 Å². The highest BCUT2D eigenvalue weighted by atomic mass is 32.2. The van der Waals surface area contributed by atoms with Gasteiger partial charge in [-0.05, 0) is 42.8 Å². The lowest BCUT2D eigenvalue weighted by Crippen LogP contribution is -2.09. The molecule has 0 saturated heterocycles. The van der Waals surface area contributed by atoms with Gasteiger partial charge in [0.05, 0.1) is 6.61 Å². The Hall–Kier alpha value is -3.11. The topological polar surface area (TPSA) is 93.5 Å². The van der Waals surface area contributed by atoms with Crippen LogP contribution in [-0.4, -0.2) is 21.0 Å². The first kappa shape index (κ1) is 18.2. The van der Waals surface area contributed by atoms with Crippen LogP contribution in [0, 0.1) is 11.3 Å². The average Bonchev–Trinajstić information content (AvgIpc) is 2.60. The van der Waals surface area contributed by atoms with E-state index < -0.39 is 16.1 Å². The highest BCUT2D eigenvalue weighted by Crippen LogP contribution is 2.21. The second-order valence-corrected chi connectivity index (χ2v) is 6.36. The van der Waals surface area contributed by atoms with E-state index in [1.54, 1.807) is 43.3 Å². The van der Waals surface area contributed by atoms with Crippen molar-refractivity contribution in [1.82, 2.24) is 0 Å². The minimum atomic E-state index is -3.97. The molecule has 0 heterocycles. The molecule has 0 atom stereocenters. The molecule has 0 bridgehead atoms. The molecule has 2 aromatic rings. The molecule has 0 aliphatic heterocycles. The number of benzene rings is 2. The van der Waals surface area contributed by atoms with Crippen molar-refractivity contribution in [3.05, 3.63) is 65.7 Å². The number of ether oxygens (including phenoxy) is 1. The first-order chi connectivity index (χ1) is 12.0. The van der Waals surface area contributed by atoms with E-state index >= 15 is 0 Å². The Labute approximate surface area is 146 Å². The number of nitrogens with zero attached hydrogens (tertiary/aromatic N) is 1. The lowest BCUT2D eigenvalue weighted by atomic mass is 10.1. The predicted octanol–water partition coefficient (Wildman–Crippen LogP) is 2.92. The standard InChI is InChI=1S/C18H15NO5S/c1-2-23-18(20)15(13-19)11-14-7-6-8-16(12-14)24-25(21,22)17-9-4-3-5-10-17/h3-12H,2H2,1H3. The Bertz CT molecular complexity index is 927. The third-order valence-corrected chi connectivity index (χ3v) is 4.28. The van der Waals surface area contributed by atoms with Crippen LogP contribution in [0.3, 0.4) is 0 Å². The molecule has 2 aromatic carbocycles. The van der Waals surface area contributed by atoms with E-state index in [2.05, 4.69) is 0 Å². The lowest BCUT2D eigenvalue weighted by molar-refractivity contribution is -0.137. The zero-order chi connectivity index (χ0) is 18.3. The number of carbonyl (C=O) groups is 1. The fourth-order valence-corrected chi connectivity index (χ4v) is 2.87. The monoisotopic (exact) mass is 357 g/mol. The smallest absolute Gasteiger partial charge is 0.348 e. The molecule has 6 nitrogen and oxygen atoms in total. The summed E-state index contributed by atoms with van der Waals surface area (Å²) in [5.41, 5.74) is 0.246. The summed E-state index contributed by atoms with van der Waals surface area (Å²) >= 11 is 0. The first-order valence-corrected chi connectivity index (χ1v) is 8.75. The number of hydrogen-bond donors (Lipinski definition) is 0. The van der Waals surface area contributed by atoms with Gasteiger partial charge < -0.3 is 8.92 Å². The Kier molecular flexibility index (Phi) is 5.93. The summed E-state index contributed by atoms with van der Waals surface area (Å²) in [6.45, 7) is 1.78. The second kappa shape index (κ2) is 8.13. The van der Waals surface area contributed by atoms with Crippen molar-refractivity contribution in [1.29, 1.82) is 5.26 Å². The quantitative estimate of drug-likeness (QED) is 0.341.